The van der Waals surface area contributed by atoms with Crippen LogP contribution in [0.25, 0.3) is 11.0 Å². The third kappa shape index (κ3) is 10.2. The molecule has 0 unspecified atom stereocenters. The standard InChI is InChI=1S/C67H80N10O10S/c1-40-8-5-6-11-48(40)56-37-74(41(2)50-36-69-60(43-9-7-10-43)62-59(50)66(3,4)20-29-85-62)24-25-75(56)46-34-67(35-46)18-22-73(23-19-67)45-12-13-49(53(31-45)76-52-17-28-84-39-58(52)87-65-55(76)30-44-14-21-68-63(44)71-65)64(78)72-88(81,82)47-32-54(77(79)80)61-57(33-47)86-38-51(70-61)42-15-26-83-27-16-42/h5-6,8,11-14,21,30-33,36,41-43,46,51-52,56,58,70H,7,9-10,15-20,22-29,34-35,37-39H2,1-4H3,(H,68,71)(H,72,78)/t41-,51-,52-,56-,58-/m0/s1. The number of carbonyl (C=O) groups excluding carboxylic acids is 1. The number of rotatable bonds is 12. The number of H-pyrrole nitrogens is 1. The second-order valence-electron chi connectivity index (χ2n) is 27.1. The average Bonchev–Trinajstić information content (AvgIpc) is 0.909. The zero-order valence-corrected chi connectivity index (χ0v) is 51.6. The summed E-state index contributed by atoms with van der Waals surface area (Å²) in [6.45, 7) is 16.8. The zero-order chi connectivity index (χ0) is 60.2. The molecule has 2 saturated carbocycles. The molecule has 3 aromatic heterocycles. The number of nitrogens with one attached hydrogen (secondary N) is 3. The Morgan fingerprint density at radius 3 is 2.48 bits per heavy atom. The van der Waals surface area contributed by atoms with E-state index in [0.29, 0.717) is 67.7 Å². The molecule has 0 radical (unpaired) electrons. The maximum Gasteiger partial charge on any atom is 0.297 e. The normalized spacial score (nSPS) is 25.1. The van der Waals surface area contributed by atoms with Gasteiger partial charge in [-0.25, -0.2) is 13.1 Å². The lowest BCUT2D eigenvalue weighted by Gasteiger charge is -2.58. The number of aromatic amines is 1. The molecular weight excluding hydrogens is 1140 g/mol. The fraction of sp³-hybridized carbons (Fsp3) is 0.537. The number of hydrogen-bond donors (Lipinski definition) is 3. The minimum atomic E-state index is -4.72. The molecule has 88 heavy (non-hydrogen) atoms. The molecule has 5 atom stereocenters. The van der Waals surface area contributed by atoms with Gasteiger partial charge in [0, 0.05) is 118 Å². The van der Waals surface area contributed by atoms with Gasteiger partial charge in [-0.1, -0.05) is 44.5 Å². The molecule has 10 heterocycles. The largest absolute Gasteiger partial charge is 0.491 e. The Morgan fingerprint density at radius 2 is 1.69 bits per heavy atom. The molecule has 6 aromatic rings. The van der Waals surface area contributed by atoms with E-state index in [9.17, 15) is 18.5 Å². The topological polar surface area (TPSA) is 219 Å². The lowest BCUT2D eigenvalue weighted by Crippen LogP contribution is -2.60. The van der Waals surface area contributed by atoms with Gasteiger partial charge in [-0.2, -0.15) is 4.98 Å². The van der Waals surface area contributed by atoms with E-state index in [-0.39, 0.29) is 64.5 Å². The average molecular weight is 1220 g/mol. The van der Waals surface area contributed by atoms with Crippen LogP contribution in [0.5, 0.6) is 17.4 Å². The first-order chi connectivity index (χ1) is 42.6. The molecule has 1 amide bonds. The van der Waals surface area contributed by atoms with Crippen LogP contribution >= 0.6 is 0 Å². The fourth-order valence-corrected chi connectivity index (χ4v) is 17.3. The van der Waals surface area contributed by atoms with Crippen molar-refractivity contribution in [3.8, 4) is 17.4 Å². The van der Waals surface area contributed by atoms with E-state index in [1.807, 2.05) is 30.5 Å². The molecule has 3 N–H and O–H groups in total. The van der Waals surface area contributed by atoms with Crippen LogP contribution in [0.2, 0.25) is 0 Å². The number of nitro benzene ring substituents is 1. The number of pyridine rings is 2. The first-order valence-electron chi connectivity index (χ1n) is 32.1. The van der Waals surface area contributed by atoms with Crippen LogP contribution in [0.4, 0.5) is 28.4 Å². The van der Waals surface area contributed by atoms with E-state index < -0.39 is 37.5 Å². The Labute approximate surface area is 514 Å². The van der Waals surface area contributed by atoms with E-state index in [1.54, 1.807) is 6.07 Å². The monoisotopic (exact) mass is 1220 g/mol. The van der Waals surface area contributed by atoms with Crippen LogP contribution in [-0.4, -0.2) is 141 Å². The van der Waals surface area contributed by atoms with Crippen LogP contribution < -0.4 is 34.0 Å². The van der Waals surface area contributed by atoms with Gasteiger partial charge in [-0.05, 0) is 142 Å². The quantitative estimate of drug-likeness (QED) is 0.0766. The second kappa shape index (κ2) is 22.5. The molecule has 2 aliphatic carbocycles. The van der Waals surface area contributed by atoms with Crippen molar-refractivity contribution in [3.63, 3.8) is 0 Å². The van der Waals surface area contributed by atoms with Gasteiger partial charge < -0.3 is 43.8 Å². The van der Waals surface area contributed by atoms with Crippen molar-refractivity contribution in [2.45, 2.75) is 151 Å². The number of benzene rings is 3. The number of sulfonamides is 1. The van der Waals surface area contributed by atoms with E-state index >= 15 is 4.79 Å². The number of aromatic nitrogens is 3. The van der Waals surface area contributed by atoms with E-state index in [2.05, 4.69) is 92.8 Å². The summed E-state index contributed by atoms with van der Waals surface area (Å²) in [4.78, 5) is 49.9. The predicted octanol–water partition coefficient (Wildman–Crippen LogP) is 10.8. The third-order valence-electron chi connectivity index (χ3n) is 21.7. The maximum absolute atomic E-state index is 15.0. The van der Waals surface area contributed by atoms with Gasteiger partial charge in [0.2, 0.25) is 5.88 Å². The zero-order valence-electron chi connectivity index (χ0n) is 50.8. The van der Waals surface area contributed by atoms with Gasteiger partial charge >= 0.3 is 0 Å². The number of carbonyl (C=O) groups is 1. The van der Waals surface area contributed by atoms with Gasteiger partial charge in [0.15, 0.2) is 11.4 Å². The number of hydrogen-bond acceptors (Lipinski definition) is 17. The van der Waals surface area contributed by atoms with Crippen LogP contribution in [0, 0.1) is 28.4 Å². The van der Waals surface area contributed by atoms with Crippen molar-refractivity contribution < 1.29 is 41.8 Å². The van der Waals surface area contributed by atoms with Crippen molar-refractivity contribution in [3.05, 3.63) is 123 Å². The van der Waals surface area contributed by atoms with Crippen LogP contribution in [0.1, 0.15) is 148 Å². The maximum atomic E-state index is 15.0. The number of fused-ring (bicyclic) bond motifs is 5. The molecule has 464 valence electrons. The summed E-state index contributed by atoms with van der Waals surface area (Å²) >= 11 is 0. The highest BCUT2D eigenvalue weighted by molar-refractivity contribution is 7.90. The van der Waals surface area contributed by atoms with E-state index in [4.69, 9.17) is 33.7 Å². The number of ether oxygens (including phenoxy) is 5. The molecule has 4 saturated heterocycles. The Hall–Kier alpha value is -7.04. The van der Waals surface area contributed by atoms with Crippen LogP contribution in [-0.2, 0) is 24.9 Å². The lowest BCUT2D eigenvalue weighted by molar-refractivity contribution is -0.384. The number of nitrogens with zero attached hydrogens (tertiary/aromatic N) is 7. The molecule has 0 bridgehead atoms. The predicted molar refractivity (Wildman–Crippen MR) is 334 cm³/mol. The Bertz CT molecular complexity index is 3810. The molecular formula is C67H80N10O10S. The van der Waals surface area contributed by atoms with Gasteiger partial charge in [0.05, 0.1) is 52.1 Å². The molecule has 15 rings (SSSR count). The summed E-state index contributed by atoms with van der Waals surface area (Å²) in [5, 5.41) is 16.8. The van der Waals surface area contributed by atoms with Gasteiger partial charge in [0.1, 0.15) is 29.8 Å². The number of piperidine rings is 1. The highest BCUT2D eigenvalue weighted by Gasteiger charge is 2.51. The molecule has 1 spiro atoms. The smallest absolute Gasteiger partial charge is 0.297 e. The van der Waals surface area contributed by atoms with Gasteiger partial charge in [-0.15, -0.1) is 0 Å². The summed E-state index contributed by atoms with van der Waals surface area (Å²) in [6.07, 6.45) is 14.6. The highest BCUT2D eigenvalue weighted by atomic mass is 32.2. The van der Waals surface area contributed by atoms with Crippen LogP contribution in [0.15, 0.2) is 84.0 Å². The van der Waals surface area contributed by atoms with Crippen molar-refractivity contribution in [1.82, 2.24) is 29.5 Å². The number of piperazine rings is 1. The SMILES string of the molecule is Cc1ccccc1[C@@H]1CN([C@@H](C)c2cnc(C3CCC3)c3c2C(C)(C)CCO3)CCN1C1CC2(CCN(c3ccc(C(=O)NS(=O)(=O)c4cc5c(c([N+](=O)[O-])c4)N[C@H](C4CCOCC4)CO5)c(N4c5cc6cc[nH]c6nc5O[C@H]5COCC[C@@H]54)c3)CC2)C1. The van der Waals surface area contributed by atoms with Gasteiger partial charge in [0.25, 0.3) is 21.6 Å². The third-order valence-corrected chi connectivity index (χ3v) is 23.0. The fourth-order valence-electron chi connectivity index (χ4n) is 16.3. The minimum absolute atomic E-state index is 0.000896. The summed E-state index contributed by atoms with van der Waals surface area (Å²) in [5.74, 6) is 1.24. The molecule has 20 nitrogen and oxygen atoms in total. The van der Waals surface area contributed by atoms with Crippen molar-refractivity contribution in [2.24, 2.45) is 11.3 Å². The number of nitro groups is 1. The number of amides is 1. The summed E-state index contributed by atoms with van der Waals surface area (Å²) in [7, 11) is -4.72. The van der Waals surface area contributed by atoms with Crippen LogP contribution in [0.3, 0.4) is 0 Å². The summed E-state index contributed by atoms with van der Waals surface area (Å²) in [5.41, 5.74) is 9.23. The number of anilines is 4. The van der Waals surface area contributed by atoms with E-state index in [1.165, 1.54) is 53.3 Å². The van der Waals surface area contributed by atoms with Crippen molar-refractivity contribution in [2.75, 3.05) is 87.5 Å². The molecule has 21 heteroatoms. The molecule has 9 aliphatic rings. The molecule has 6 fully saturated rings. The Kier molecular flexibility index (Phi) is 14.7. The minimum Gasteiger partial charge on any atom is -0.491 e. The van der Waals surface area contributed by atoms with Crippen molar-refractivity contribution in [1.29, 1.82) is 0 Å². The Morgan fingerprint density at radius 1 is 0.886 bits per heavy atom. The molecule has 3 aromatic carbocycles. The van der Waals surface area contributed by atoms with Crippen molar-refractivity contribution >= 4 is 55.4 Å². The Balaban J connectivity index is 0.693. The summed E-state index contributed by atoms with van der Waals surface area (Å²) < 4.78 is 62.1. The second-order valence-corrected chi connectivity index (χ2v) is 28.8. The highest BCUT2D eigenvalue weighted by Crippen LogP contribution is 2.55. The summed E-state index contributed by atoms with van der Waals surface area (Å²) in [6, 6.07) is 21.1. The number of aryl methyl sites for hydroxylation is 1. The van der Waals surface area contributed by atoms with E-state index in [0.717, 1.165) is 107 Å². The first-order valence-corrected chi connectivity index (χ1v) is 33.6. The van der Waals surface area contributed by atoms with Gasteiger partial charge in [-0.3, -0.25) is 29.7 Å². The lowest BCUT2D eigenvalue weighted by atomic mass is 9.59. The first kappa shape index (κ1) is 57.4. The molecule has 7 aliphatic heterocycles.